The van der Waals surface area contributed by atoms with E-state index in [1.807, 2.05) is 0 Å². The molecule has 2 rings (SSSR count). The van der Waals surface area contributed by atoms with E-state index in [1.54, 1.807) is 12.1 Å². The Morgan fingerprint density at radius 2 is 1.17 bits per heavy atom. The first kappa shape index (κ1) is 21.7. The van der Waals surface area contributed by atoms with E-state index in [0.29, 0.717) is 5.56 Å². The average Bonchev–Trinajstić information content (AvgIpc) is 2.76. The van der Waals surface area contributed by atoms with Crippen LogP contribution in [-0.4, -0.2) is 31.9 Å². The molecule has 0 aromatic heterocycles. The Morgan fingerprint density at radius 3 is 1.55 bits per heavy atom. The van der Waals surface area contributed by atoms with Gasteiger partial charge in [0.05, 0.1) is 0 Å². The van der Waals surface area contributed by atoms with Crippen LogP contribution in [0.25, 0.3) is 0 Å². The van der Waals surface area contributed by atoms with Crippen molar-refractivity contribution in [2.24, 2.45) is 0 Å². The Morgan fingerprint density at radius 1 is 0.759 bits per heavy atom. The summed E-state index contributed by atoms with van der Waals surface area (Å²) in [7, 11) is 2.68. The molecular weight excluding hydrogens is 376 g/mol. The van der Waals surface area contributed by atoms with E-state index < -0.39 is 23.5 Å². The maximum atomic E-state index is 13.2. The molecule has 7 heteroatoms. The second-order valence-electron chi connectivity index (χ2n) is 5.65. The first-order chi connectivity index (χ1) is 13.9. The molecule has 0 aliphatic carbocycles. The molecule has 0 aliphatic rings. The van der Waals surface area contributed by atoms with Gasteiger partial charge in [-0.25, -0.2) is 9.59 Å². The monoisotopic (exact) mass is 396 g/mol. The predicted molar refractivity (Wildman–Crippen MR) is 105 cm³/mol. The highest BCUT2D eigenvalue weighted by molar-refractivity contribution is 6.02. The van der Waals surface area contributed by atoms with Crippen LogP contribution in [0.4, 0.5) is 0 Å². The normalized spacial score (nSPS) is 10.7. The first-order valence-corrected chi connectivity index (χ1v) is 8.44. The van der Waals surface area contributed by atoms with Crippen LogP contribution in [0, 0.1) is 0 Å². The topological polar surface area (TPSA) is 88.1 Å². The van der Waals surface area contributed by atoms with Crippen LogP contribution in [0.15, 0.2) is 73.8 Å². The number of Topliss-reactive ketones (excluding diaryl/α,β-unsaturated/α-hetero) is 1. The zero-order valence-corrected chi connectivity index (χ0v) is 16.0. The number of methoxy groups -OCH3 is 2. The van der Waals surface area contributed by atoms with E-state index in [1.165, 1.54) is 50.6 Å². The number of rotatable bonds is 9. The Labute approximate surface area is 168 Å². The highest BCUT2D eigenvalue weighted by Crippen LogP contribution is 2.32. The van der Waals surface area contributed by atoms with Gasteiger partial charge in [0.2, 0.25) is 5.78 Å². The molecule has 0 aliphatic heterocycles. The van der Waals surface area contributed by atoms with Gasteiger partial charge in [0.15, 0.2) is 0 Å². The van der Waals surface area contributed by atoms with Crippen molar-refractivity contribution < 1.29 is 33.3 Å². The number of carbonyl (C=O) groups excluding carboxylic acids is 3. The Kier molecular flexibility index (Phi) is 7.19. The highest BCUT2D eigenvalue weighted by atomic mass is 16.7. The van der Waals surface area contributed by atoms with Crippen molar-refractivity contribution in [3.63, 3.8) is 0 Å². The van der Waals surface area contributed by atoms with Crippen LogP contribution in [0.2, 0.25) is 0 Å². The number of ether oxygens (including phenoxy) is 4. The lowest BCUT2D eigenvalue weighted by molar-refractivity contribution is -0.176. The van der Waals surface area contributed by atoms with Gasteiger partial charge < -0.3 is 18.9 Å². The maximum absolute atomic E-state index is 13.2. The van der Waals surface area contributed by atoms with E-state index in [4.69, 9.17) is 18.9 Å². The van der Waals surface area contributed by atoms with Crippen LogP contribution in [0.5, 0.6) is 11.5 Å². The van der Waals surface area contributed by atoms with E-state index in [-0.39, 0.29) is 17.1 Å². The molecule has 0 saturated heterocycles. The standard InChI is InChI=1S/C22H20O7/c1-5-19(23)28-17-11-7-15(8-12-17)21(25)22(26-3,27-4)16-9-13-18(14-10-16)29-20(24)6-2/h5-14H,1-2H2,3-4H3. The summed E-state index contributed by atoms with van der Waals surface area (Å²) < 4.78 is 20.9. The van der Waals surface area contributed by atoms with Crippen LogP contribution < -0.4 is 9.47 Å². The second kappa shape index (κ2) is 9.59. The molecule has 0 N–H and O–H groups in total. The zero-order valence-electron chi connectivity index (χ0n) is 16.0. The fraction of sp³-hybridized carbons (Fsp3) is 0.136. The third-order valence-electron chi connectivity index (χ3n) is 3.99. The Bertz CT molecular complexity index is 907. The molecule has 7 nitrogen and oxygen atoms in total. The van der Waals surface area contributed by atoms with Crippen molar-refractivity contribution in [3.05, 3.63) is 85.0 Å². The van der Waals surface area contributed by atoms with Gasteiger partial charge in [0.1, 0.15) is 11.5 Å². The van der Waals surface area contributed by atoms with Gasteiger partial charge in [0.25, 0.3) is 5.79 Å². The fourth-order valence-corrected chi connectivity index (χ4v) is 2.56. The average molecular weight is 396 g/mol. The minimum absolute atomic E-state index is 0.264. The lowest BCUT2D eigenvalue weighted by Gasteiger charge is -2.29. The maximum Gasteiger partial charge on any atom is 0.335 e. The lowest BCUT2D eigenvalue weighted by Crippen LogP contribution is -2.40. The quantitative estimate of drug-likeness (QED) is 0.211. The summed E-state index contributed by atoms with van der Waals surface area (Å²) in [6.45, 7) is 6.66. The molecule has 0 saturated carbocycles. The Hall–Kier alpha value is -3.55. The number of hydrogen-bond donors (Lipinski definition) is 0. The van der Waals surface area contributed by atoms with Crippen molar-refractivity contribution in [2.45, 2.75) is 5.79 Å². The third-order valence-corrected chi connectivity index (χ3v) is 3.99. The molecule has 0 radical (unpaired) electrons. The molecular formula is C22H20O7. The van der Waals surface area contributed by atoms with Gasteiger partial charge in [0, 0.05) is 37.5 Å². The SMILES string of the molecule is C=CC(=O)Oc1ccc(C(=O)C(OC)(OC)c2ccc(OC(=O)C=C)cc2)cc1. The molecule has 2 aromatic rings. The summed E-state index contributed by atoms with van der Waals surface area (Å²) in [4.78, 5) is 35.7. The molecule has 0 heterocycles. The summed E-state index contributed by atoms with van der Waals surface area (Å²) in [5, 5.41) is 0. The van der Waals surface area contributed by atoms with Crippen molar-refractivity contribution in [1.29, 1.82) is 0 Å². The molecule has 0 atom stereocenters. The minimum Gasteiger partial charge on any atom is -0.423 e. The van der Waals surface area contributed by atoms with E-state index in [0.717, 1.165) is 12.2 Å². The van der Waals surface area contributed by atoms with Gasteiger partial charge in [-0.3, -0.25) is 4.79 Å². The van der Waals surface area contributed by atoms with Gasteiger partial charge >= 0.3 is 11.9 Å². The van der Waals surface area contributed by atoms with Crippen LogP contribution >= 0.6 is 0 Å². The largest absolute Gasteiger partial charge is 0.423 e. The van der Waals surface area contributed by atoms with Gasteiger partial charge in [-0.1, -0.05) is 13.2 Å². The number of carbonyl (C=O) groups is 3. The smallest absolute Gasteiger partial charge is 0.335 e. The zero-order chi connectivity index (χ0) is 21.4. The molecule has 2 aromatic carbocycles. The van der Waals surface area contributed by atoms with Crippen molar-refractivity contribution in [2.75, 3.05) is 14.2 Å². The number of esters is 2. The van der Waals surface area contributed by atoms with Crippen LogP contribution in [0.1, 0.15) is 15.9 Å². The third kappa shape index (κ3) is 4.84. The summed E-state index contributed by atoms with van der Waals surface area (Å²) in [5.74, 6) is -2.86. The summed E-state index contributed by atoms with van der Waals surface area (Å²) in [6.07, 6.45) is 2.08. The first-order valence-electron chi connectivity index (χ1n) is 8.44. The van der Waals surface area contributed by atoms with E-state index >= 15 is 0 Å². The highest BCUT2D eigenvalue weighted by Gasteiger charge is 2.41. The lowest BCUT2D eigenvalue weighted by atomic mass is 9.95. The van der Waals surface area contributed by atoms with E-state index in [2.05, 4.69) is 13.2 Å². The molecule has 29 heavy (non-hydrogen) atoms. The Balaban J connectivity index is 2.32. The minimum atomic E-state index is -1.72. The summed E-state index contributed by atoms with van der Waals surface area (Å²) >= 11 is 0. The molecule has 0 bridgehead atoms. The molecule has 0 fully saturated rings. The molecule has 0 unspecified atom stereocenters. The molecule has 0 amide bonds. The summed E-state index contributed by atoms with van der Waals surface area (Å²) in [6, 6.07) is 12.0. The molecule has 0 spiro atoms. The summed E-state index contributed by atoms with van der Waals surface area (Å²) in [5.41, 5.74) is 0.669. The molecule has 150 valence electrons. The van der Waals surface area contributed by atoms with Gasteiger partial charge in [-0.2, -0.15) is 0 Å². The van der Waals surface area contributed by atoms with Crippen molar-refractivity contribution in [3.8, 4) is 11.5 Å². The number of ketones is 1. The van der Waals surface area contributed by atoms with Gasteiger partial charge in [-0.15, -0.1) is 0 Å². The fourth-order valence-electron chi connectivity index (χ4n) is 2.56. The second-order valence-corrected chi connectivity index (χ2v) is 5.65. The van der Waals surface area contributed by atoms with Crippen molar-refractivity contribution >= 4 is 17.7 Å². The van der Waals surface area contributed by atoms with Crippen LogP contribution in [-0.2, 0) is 24.8 Å². The van der Waals surface area contributed by atoms with Crippen molar-refractivity contribution in [1.82, 2.24) is 0 Å². The van der Waals surface area contributed by atoms with Gasteiger partial charge in [-0.05, 0) is 48.5 Å². The number of benzene rings is 2. The van der Waals surface area contributed by atoms with Crippen LogP contribution in [0.3, 0.4) is 0 Å². The number of hydrogen-bond acceptors (Lipinski definition) is 7. The van der Waals surface area contributed by atoms with E-state index in [9.17, 15) is 14.4 Å². The predicted octanol–water partition coefficient (Wildman–Crippen LogP) is 3.20.